The van der Waals surface area contributed by atoms with Gasteiger partial charge in [-0.1, -0.05) is 39.0 Å². The number of hydrogen-bond donors (Lipinski definition) is 0. The van der Waals surface area contributed by atoms with E-state index in [0.717, 1.165) is 11.4 Å². The summed E-state index contributed by atoms with van der Waals surface area (Å²) in [7, 11) is 0. The lowest BCUT2D eigenvalue weighted by Gasteiger charge is -2.14. The Balaban J connectivity index is 2.74. The van der Waals surface area contributed by atoms with Gasteiger partial charge >= 0.3 is 0 Å². The topological polar surface area (TPSA) is 60.2 Å². The van der Waals surface area contributed by atoms with Gasteiger partial charge in [0.1, 0.15) is 10.7 Å². The Labute approximate surface area is 97.1 Å². The van der Waals surface area contributed by atoms with Crippen molar-refractivity contribution in [2.45, 2.75) is 39.5 Å². The van der Waals surface area contributed by atoms with Crippen LogP contribution in [0.25, 0.3) is 4.96 Å². The highest BCUT2D eigenvalue weighted by Gasteiger charge is 2.22. The normalized spacial score (nSPS) is 12.2. The van der Waals surface area contributed by atoms with Crippen molar-refractivity contribution in [3.8, 4) is 0 Å². The molecule has 0 radical (unpaired) electrons. The van der Waals surface area contributed by atoms with Gasteiger partial charge in [0, 0.05) is 5.41 Å². The molecule has 0 bridgehead atoms. The SMILES string of the molecule is CCc1nn2c(=O)c(C(C)(C)C)nnc2s1. The van der Waals surface area contributed by atoms with Gasteiger partial charge in [-0.2, -0.15) is 9.61 Å². The molecule has 2 aromatic heterocycles. The van der Waals surface area contributed by atoms with Crippen molar-refractivity contribution in [2.24, 2.45) is 0 Å². The quantitative estimate of drug-likeness (QED) is 0.753. The fraction of sp³-hybridized carbons (Fsp3) is 0.600. The Hall–Kier alpha value is -1.30. The molecular formula is C10H14N4OS. The van der Waals surface area contributed by atoms with Crippen LogP contribution < -0.4 is 5.56 Å². The molecule has 86 valence electrons. The van der Waals surface area contributed by atoms with Gasteiger partial charge in [0.15, 0.2) is 0 Å². The fourth-order valence-electron chi connectivity index (χ4n) is 1.37. The van der Waals surface area contributed by atoms with Gasteiger partial charge in [-0.25, -0.2) is 0 Å². The van der Waals surface area contributed by atoms with Crippen LogP contribution in [0.3, 0.4) is 0 Å². The van der Waals surface area contributed by atoms with Gasteiger partial charge in [-0.15, -0.1) is 10.2 Å². The van der Waals surface area contributed by atoms with Gasteiger partial charge < -0.3 is 0 Å². The van der Waals surface area contributed by atoms with E-state index in [1.165, 1.54) is 15.9 Å². The molecule has 0 spiro atoms. The van der Waals surface area contributed by atoms with E-state index in [4.69, 9.17) is 0 Å². The van der Waals surface area contributed by atoms with E-state index in [2.05, 4.69) is 15.3 Å². The molecule has 0 aliphatic rings. The van der Waals surface area contributed by atoms with Crippen LogP contribution in [0.15, 0.2) is 4.79 Å². The predicted octanol–water partition coefficient (Wildman–Crippen LogP) is 1.41. The Kier molecular flexibility index (Phi) is 2.53. The number of aromatic nitrogens is 4. The van der Waals surface area contributed by atoms with E-state index in [9.17, 15) is 4.79 Å². The standard InChI is InChI=1S/C10H14N4OS/c1-5-6-13-14-8(15)7(10(2,3)4)11-12-9(14)16-6/h5H2,1-4H3. The lowest BCUT2D eigenvalue weighted by Crippen LogP contribution is -2.30. The van der Waals surface area contributed by atoms with Crippen molar-refractivity contribution < 1.29 is 0 Å². The van der Waals surface area contributed by atoms with Crippen molar-refractivity contribution in [1.82, 2.24) is 19.8 Å². The summed E-state index contributed by atoms with van der Waals surface area (Å²) in [6.07, 6.45) is 0.804. The summed E-state index contributed by atoms with van der Waals surface area (Å²) >= 11 is 1.41. The number of fused-ring (bicyclic) bond motifs is 1. The minimum atomic E-state index is -0.304. The lowest BCUT2D eigenvalue weighted by molar-refractivity contribution is 0.542. The molecule has 0 aliphatic heterocycles. The van der Waals surface area contributed by atoms with Gasteiger partial charge in [0.2, 0.25) is 4.96 Å². The molecule has 0 aromatic carbocycles. The molecule has 0 atom stereocenters. The van der Waals surface area contributed by atoms with Crippen molar-refractivity contribution in [3.63, 3.8) is 0 Å². The van der Waals surface area contributed by atoms with Crippen molar-refractivity contribution >= 4 is 16.3 Å². The molecule has 0 saturated heterocycles. The molecule has 5 nitrogen and oxygen atoms in total. The summed E-state index contributed by atoms with van der Waals surface area (Å²) in [6.45, 7) is 7.83. The molecule has 0 fully saturated rings. The van der Waals surface area contributed by atoms with Crippen LogP contribution >= 0.6 is 11.3 Å². The van der Waals surface area contributed by atoms with Gasteiger partial charge in [-0.3, -0.25) is 4.79 Å². The zero-order valence-electron chi connectivity index (χ0n) is 9.81. The molecule has 16 heavy (non-hydrogen) atoms. The first-order valence-electron chi connectivity index (χ1n) is 5.19. The van der Waals surface area contributed by atoms with E-state index >= 15 is 0 Å². The third-order valence-electron chi connectivity index (χ3n) is 2.25. The number of rotatable bonds is 1. The molecule has 0 saturated carbocycles. The second-order valence-electron chi connectivity index (χ2n) is 4.65. The third kappa shape index (κ3) is 1.73. The maximum Gasteiger partial charge on any atom is 0.297 e. The van der Waals surface area contributed by atoms with Crippen LogP contribution in [0, 0.1) is 0 Å². The molecule has 0 aliphatic carbocycles. The second-order valence-corrected chi connectivity index (χ2v) is 5.69. The smallest absolute Gasteiger partial charge is 0.265 e. The zero-order chi connectivity index (χ0) is 11.9. The molecule has 0 N–H and O–H groups in total. The summed E-state index contributed by atoms with van der Waals surface area (Å²) in [6, 6.07) is 0. The highest BCUT2D eigenvalue weighted by Crippen LogP contribution is 2.17. The summed E-state index contributed by atoms with van der Waals surface area (Å²) < 4.78 is 1.36. The van der Waals surface area contributed by atoms with E-state index in [-0.39, 0.29) is 11.0 Å². The predicted molar refractivity (Wildman–Crippen MR) is 63.0 cm³/mol. The van der Waals surface area contributed by atoms with Crippen LogP contribution in [0.5, 0.6) is 0 Å². The highest BCUT2D eigenvalue weighted by molar-refractivity contribution is 7.16. The first-order chi connectivity index (χ1) is 7.43. The van der Waals surface area contributed by atoms with Crippen molar-refractivity contribution in [1.29, 1.82) is 0 Å². The Morgan fingerprint density at radius 3 is 2.56 bits per heavy atom. The van der Waals surface area contributed by atoms with E-state index in [0.29, 0.717) is 10.7 Å². The van der Waals surface area contributed by atoms with Crippen LogP contribution in [0.1, 0.15) is 38.4 Å². The average Bonchev–Trinajstić information content (AvgIpc) is 2.60. The first kappa shape index (κ1) is 11.2. The van der Waals surface area contributed by atoms with Crippen LogP contribution in [0.2, 0.25) is 0 Å². The summed E-state index contributed by atoms with van der Waals surface area (Å²) in [5.41, 5.74) is -0.00670. The maximum absolute atomic E-state index is 12.1. The monoisotopic (exact) mass is 238 g/mol. The van der Waals surface area contributed by atoms with Gasteiger partial charge in [0.05, 0.1) is 0 Å². The maximum atomic E-state index is 12.1. The highest BCUT2D eigenvalue weighted by atomic mass is 32.1. The van der Waals surface area contributed by atoms with Crippen LogP contribution in [-0.2, 0) is 11.8 Å². The minimum absolute atomic E-state index is 0.159. The molecule has 6 heteroatoms. The zero-order valence-corrected chi connectivity index (χ0v) is 10.6. The van der Waals surface area contributed by atoms with Crippen molar-refractivity contribution in [2.75, 3.05) is 0 Å². The largest absolute Gasteiger partial charge is 0.297 e. The third-order valence-corrected chi connectivity index (χ3v) is 3.29. The van der Waals surface area contributed by atoms with Gasteiger partial charge in [-0.05, 0) is 6.42 Å². The van der Waals surface area contributed by atoms with Crippen molar-refractivity contribution in [3.05, 3.63) is 21.1 Å². The molecule has 0 amide bonds. The number of aryl methyl sites for hydroxylation is 1. The average molecular weight is 238 g/mol. The first-order valence-corrected chi connectivity index (χ1v) is 6.01. The Bertz CT molecular complexity index is 578. The van der Waals surface area contributed by atoms with E-state index < -0.39 is 0 Å². The molecular weight excluding hydrogens is 224 g/mol. The fourth-order valence-corrected chi connectivity index (χ4v) is 2.14. The number of hydrogen-bond acceptors (Lipinski definition) is 5. The van der Waals surface area contributed by atoms with Crippen LogP contribution in [-0.4, -0.2) is 19.8 Å². The second kappa shape index (κ2) is 3.62. The van der Waals surface area contributed by atoms with E-state index in [1.807, 2.05) is 27.7 Å². The molecule has 2 aromatic rings. The number of nitrogens with zero attached hydrogens (tertiary/aromatic N) is 4. The minimum Gasteiger partial charge on any atom is -0.265 e. The summed E-state index contributed by atoms with van der Waals surface area (Å²) in [5, 5.41) is 13.2. The summed E-state index contributed by atoms with van der Waals surface area (Å²) in [5.74, 6) is 0. The summed E-state index contributed by atoms with van der Waals surface area (Å²) in [4.78, 5) is 12.7. The van der Waals surface area contributed by atoms with E-state index in [1.54, 1.807) is 0 Å². The molecule has 0 unspecified atom stereocenters. The lowest BCUT2D eigenvalue weighted by atomic mass is 9.93. The molecule has 2 rings (SSSR count). The Morgan fingerprint density at radius 1 is 1.31 bits per heavy atom. The van der Waals surface area contributed by atoms with Crippen LogP contribution in [0.4, 0.5) is 0 Å². The Morgan fingerprint density at radius 2 is 2.00 bits per heavy atom. The molecule has 2 heterocycles. The van der Waals surface area contributed by atoms with Gasteiger partial charge in [0.25, 0.3) is 5.56 Å².